The topological polar surface area (TPSA) is 55.4 Å². The van der Waals surface area contributed by atoms with Crippen LogP contribution in [0.5, 0.6) is 0 Å². The first-order valence-electron chi connectivity index (χ1n) is 5.17. The van der Waals surface area contributed by atoms with Crippen LogP contribution in [0.25, 0.3) is 0 Å². The largest absolute Gasteiger partial charge is 0.461 e. The molecule has 0 saturated heterocycles. The smallest absolute Gasteiger partial charge is 0.307 e. The molecule has 86 valence electrons. The van der Waals surface area contributed by atoms with E-state index in [1.165, 1.54) is 0 Å². The van der Waals surface area contributed by atoms with Crippen molar-refractivity contribution in [2.75, 3.05) is 13.1 Å². The van der Waals surface area contributed by atoms with Gasteiger partial charge in [0, 0.05) is 6.54 Å². The molecule has 0 amide bonds. The van der Waals surface area contributed by atoms with Crippen molar-refractivity contribution in [2.45, 2.75) is 13.0 Å². The highest BCUT2D eigenvalue weighted by molar-refractivity contribution is 5.69. The van der Waals surface area contributed by atoms with Gasteiger partial charge in [-0.25, -0.2) is 0 Å². The second kappa shape index (κ2) is 7.59. The van der Waals surface area contributed by atoms with Gasteiger partial charge in [-0.1, -0.05) is 30.3 Å². The van der Waals surface area contributed by atoms with Crippen LogP contribution in [0, 0.1) is 0 Å². The van der Waals surface area contributed by atoms with E-state index >= 15 is 0 Å². The van der Waals surface area contributed by atoms with Crippen molar-refractivity contribution in [3.63, 3.8) is 0 Å². The van der Waals surface area contributed by atoms with Gasteiger partial charge in [0.05, 0.1) is 13.0 Å². The van der Waals surface area contributed by atoms with E-state index in [0.717, 1.165) is 11.8 Å². The first-order valence-corrected chi connectivity index (χ1v) is 5.17. The van der Waals surface area contributed by atoms with Crippen molar-refractivity contribution in [3.8, 4) is 0 Å². The molecule has 0 fully saturated rings. The molecule has 0 spiro atoms. The molecule has 1 aromatic rings. The number of benzene rings is 1. The molecule has 1 aromatic carbocycles. The number of carbonyl (C=O) groups excluding carboxylic acids is 2. The van der Waals surface area contributed by atoms with Gasteiger partial charge in [0.15, 0.2) is 0 Å². The molecule has 0 aromatic heterocycles. The molecule has 0 atom stereocenters. The minimum Gasteiger partial charge on any atom is -0.461 e. The number of rotatable bonds is 7. The van der Waals surface area contributed by atoms with Crippen LogP contribution in [0.15, 0.2) is 30.3 Å². The van der Waals surface area contributed by atoms with Crippen LogP contribution in [0.3, 0.4) is 0 Å². The van der Waals surface area contributed by atoms with Crippen LogP contribution < -0.4 is 5.32 Å². The van der Waals surface area contributed by atoms with Crippen LogP contribution >= 0.6 is 0 Å². The zero-order valence-electron chi connectivity index (χ0n) is 9.02. The summed E-state index contributed by atoms with van der Waals surface area (Å²) in [7, 11) is 0. The summed E-state index contributed by atoms with van der Waals surface area (Å²) >= 11 is 0. The summed E-state index contributed by atoms with van der Waals surface area (Å²) in [6.07, 6.45) is 1.04. The number of hydrogen-bond donors (Lipinski definition) is 1. The second-order valence-corrected chi connectivity index (χ2v) is 3.27. The zero-order valence-corrected chi connectivity index (χ0v) is 9.02. The van der Waals surface area contributed by atoms with E-state index in [1.54, 1.807) is 0 Å². The van der Waals surface area contributed by atoms with Crippen LogP contribution in [-0.2, 0) is 20.9 Å². The molecule has 0 unspecified atom stereocenters. The van der Waals surface area contributed by atoms with Gasteiger partial charge in [0.2, 0.25) is 0 Å². The Morgan fingerprint density at radius 3 is 2.75 bits per heavy atom. The fraction of sp³-hybridized carbons (Fsp3) is 0.333. The maximum atomic E-state index is 11.2. The summed E-state index contributed by atoms with van der Waals surface area (Å²) in [5.74, 6) is -0.262. The van der Waals surface area contributed by atoms with E-state index in [2.05, 4.69) is 5.32 Å². The minimum absolute atomic E-state index is 0.262. The van der Waals surface area contributed by atoms with Crippen molar-refractivity contribution in [1.29, 1.82) is 0 Å². The number of aldehydes is 1. The standard InChI is InChI=1S/C12H15NO3/c14-9-8-13-7-6-12(15)16-10-11-4-2-1-3-5-11/h1-5,9,13H,6-8,10H2. The molecule has 0 bridgehead atoms. The third kappa shape index (κ3) is 5.26. The summed E-state index contributed by atoms with van der Waals surface area (Å²) in [5.41, 5.74) is 0.969. The summed E-state index contributed by atoms with van der Waals surface area (Å²) in [6.45, 7) is 1.03. The number of hydrogen-bond acceptors (Lipinski definition) is 4. The third-order valence-electron chi connectivity index (χ3n) is 1.98. The summed E-state index contributed by atoms with van der Waals surface area (Å²) < 4.78 is 5.04. The third-order valence-corrected chi connectivity index (χ3v) is 1.98. The Bertz CT molecular complexity index is 324. The Labute approximate surface area is 94.6 Å². The Balaban J connectivity index is 2.13. The van der Waals surface area contributed by atoms with Crippen LogP contribution in [0.4, 0.5) is 0 Å². The molecule has 1 rings (SSSR count). The Morgan fingerprint density at radius 1 is 1.31 bits per heavy atom. The highest BCUT2D eigenvalue weighted by Gasteiger charge is 2.02. The van der Waals surface area contributed by atoms with Crippen molar-refractivity contribution in [1.82, 2.24) is 5.32 Å². The molecule has 16 heavy (non-hydrogen) atoms. The highest BCUT2D eigenvalue weighted by Crippen LogP contribution is 2.01. The van der Waals surface area contributed by atoms with Gasteiger partial charge < -0.3 is 14.8 Å². The summed E-state index contributed by atoms with van der Waals surface area (Å²) in [4.78, 5) is 21.2. The van der Waals surface area contributed by atoms with E-state index in [4.69, 9.17) is 4.74 Å². The van der Waals surface area contributed by atoms with E-state index < -0.39 is 0 Å². The van der Waals surface area contributed by atoms with Gasteiger partial charge in [-0.15, -0.1) is 0 Å². The number of esters is 1. The zero-order chi connectivity index (χ0) is 11.6. The number of ether oxygens (including phenoxy) is 1. The molecule has 0 aliphatic heterocycles. The van der Waals surface area contributed by atoms with Crippen molar-refractivity contribution in [2.24, 2.45) is 0 Å². The van der Waals surface area contributed by atoms with Gasteiger partial charge in [-0.2, -0.15) is 0 Å². The van der Waals surface area contributed by atoms with E-state index in [0.29, 0.717) is 13.2 Å². The summed E-state index contributed by atoms with van der Waals surface area (Å²) in [5, 5.41) is 2.80. The van der Waals surface area contributed by atoms with Crippen molar-refractivity contribution in [3.05, 3.63) is 35.9 Å². The molecule has 4 nitrogen and oxygen atoms in total. The lowest BCUT2D eigenvalue weighted by Gasteiger charge is -2.04. The fourth-order valence-electron chi connectivity index (χ4n) is 1.16. The predicted molar refractivity (Wildman–Crippen MR) is 59.8 cm³/mol. The Morgan fingerprint density at radius 2 is 2.06 bits per heavy atom. The van der Waals surface area contributed by atoms with Gasteiger partial charge in [0.25, 0.3) is 0 Å². The maximum absolute atomic E-state index is 11.2. The van der Waals surface area contributed by atoms with Crippen LogP contribution in [0.1, 0.15) is 12.0 Å². The Kier molecular flexibility index (Phi) is 5.88. The lowest BCUT2D eigenvalue weighted by Crippen LogP contribution is -2.21. The minimum atomic E-state index is -0.262. The molecule has 0 saturated carbocycles. The van der Waals surface area contributed by atoms with Gasteiger partial charge in [-0.05, 0) is 5.56 Å². The molecular formula is C12H15NO3. The monoisotopic (exact) mass is 221 g/mol. The number of carbonyl (C=O) groups is 2. The normalized spacial score (nSPS) is 9.75. The first-order chi connectivity index (χ1) is 7.83. The van der Waals surface area contributed by atoms with Crippen molar-refractivity contribution >= 4 is 12.3 Å². The fourth-order valence-corrected chi connectivity index (χ4v) is 1.16. The van der Waals surface area contributed by atoms with Gasteiger partial charge in [0.1, 0.15) is 12.9 Å². The molecule has 0 aliphatic rings. The van der Waals surface area contributed by atoms with E-state index in [1.807, 2.05) is 30.3 Å². The summed E-state index contributed by atoms with van der Waals surface area (Å²) in [6, 6.07) is 9.51. The average molecular weight is 221 g/mol. The second-order valence-electron chi connectivity index (χ2n) is 3.27. The Hall–Kier alpha value is -1.68. The molecular weight excluding hydrogens is 206 g/mol. The van der Waals surface area contributed by atoms with Gasteiger partial charge >= 0.3 is 5.97 Å². The van der Waals surface area contributed by atoms with E-state index in [-0.39, 0.29) is 18.9 Å². The molecule has 0 aliphatic carbocycles. The molecule has 1 N–H and O–H groups in total. The highest BCUT2D eigenvalue weighted by atomic mass is 16.5. The van der Waals surface area contributed by atoms with Crippen LogP contribution in [0.2, 0.25) is 0 Å². The van der Waals surface area contributed by atoms with Gasteiger partial charge in [-0.3, -0.25) is 4.79 Å². The number of nitrogens with one attached hydrogen (secondary N) is 1. The maximum Gasteiger partial charge on any atom is 0.307 e. The lowest BCUT2D eigenvalue weighted by molar-refractivity contribution is -0.144. The predicted octanol–water partition coefficient (Wildman–Crippen LogP) is 0.908. The molecule has 4 heteroatoms. The van der Waals surface area contributed by atoms with E-state index in [9.17, 15) is 9.59 Å². The van der Waals surface area contributed by atoms with Crippen molar-refractivity contribution < 1.29 is 14.3 Å². The molecule has 0 heterocycles. The van der Waals surface area contributed by atoms with Crippen LogP contribution in [-0.4, -0.2) is 25.3 Å². The quantitative estimate of drug-likeness (QED) is 0.422. The molecule has 0 radical (unpaired) electrons. The average Bonchev–Trinajstić information content (AvgIpc) is 2.33. The SMILES string of the molecule is O=CCNCCC(=O)OCc1ccccc1. The first kappa shape index (κ1) is 12.4. The lowest BCUT2D eigenvalue weighted by atomic mass is 10.2.